The highest BCUT2D eigenvalue weighted by Crippen LogP contribution is 2.16. The lowest BCUT2D eigenvalue weighted by atomic mass is 10.3. The van der Waals surface area contributed by atoms with E-state index in [1.54, 1.807) is 6.07 Å². The number of aliphatic hydroxyl groups is 1. The predicted octanol–water partition coefficient (Wildman–Crippen LogP) is 0.684. The highest BCUT2D eigenvalue weighted by Gasteiger charge is 2.07. The summed E-state index contributed by atoms with van der Waals surface area (Å²) in [5, 5.41) is 8.94. The summed E-state index contributed by atoms with van der Waals surface area (Å²) >= 11 is 1.15. The molecule has 0 aliphatic rings. The Morgan fingerprint density at radius 2 is 2.60 bits per heavy atom. The fraction of sp³-hybridized carbons (Fsp3) is 0.333. The maximum atomic E-state index is 10.0. The number of carbonyl (C=O) groups excluding carboxylic acids is 1. The standard InChI is InChI=1S/C6H7NO2S/c1-4-2-6(10-7-4)5(9)3-8/h2-3,5,9H,1H3. The van der Waals surface area contributed by atoms with Gasteiger partial charge in [-0.15, -0.1) is 0 Å². The van der Waals surface area contributed by atoms with Crippen LogP contribution in [-0.4, -0.2) is 15.8 Å². The number of carbonyl (C=O) groups is 1. The van der Waals surface area contributed by atoms with Gasteiger partial charge in [-0.05, 0) is 24.5 Å². The van der Waals surface area contributed by atoms with Gasteiger partial charge in [0.2, 0.25) is 0 Å². The highest BCUT2D eigenvalue weighted by atomic mass is 32.1. The Hall–Kier alpha value is -0.740. The first kappa shape index (κ1) is 7.37. The van der Waals surface area contributed by atoms with Crippen LogP contribution in [0.25, 0.3) is 0 Å². The van der Waals surface area contributed by atoms with Gasteiger partial charge in [0.25, 0.3) is 0 Å². The Morgan fingerprint density at radius 3 is 3.00 bits per heavy atom. The maximum absolute atomic E-state index is 10.0. The second kappa shape index (κ2) is 2.90. The summed E-state index contributed by atoms with van der Waals surface area (Å²) in [5.41, 5.74) is 0.834. The lowest BCUT2D eigenvalue weighted by Gasteiger charge is -1.93. The fourth-order valence-corrected chi connectivity index (χ4v) is 1.28. The molecule has 3 nitrogen and oxygen atoms in total. The summed E-state index contributed by atoms with van der Waals surface area (Å²) < 4.78 is 3.91. The molecule has 0 aliphatic carbocycles. The smallest absolute Gasteiger partial charge is 0.153 e. The number of hydrogen-bond donors (Lipinski definition) is 1. The number of aryl methyl sites for hydroxylation is 1. The topological polar surface area (TPSA) is 50.2 Å². The quantitative estimate of drug-likeness (QED) is 0.642. The maximum Gasteiger partial charge on any atom is 0.153 e. The number of rotatable bonds is 2. The number of hydrogen-bond acceptors (Lipinski definition) is 4. The average molecular weight is 157 g/mol. The van der Waals surface area contributed by atoms with Gasteiger partial charge in [-0.2, -0.15) is 4.37 Å². The fourth-order valence-electron chi connectivity index (χ4n) is 0.590. The molecule has 0 aromatic carbocycles. The molecule has 10 heavy (non-hydrogen) atoms. The van der Waals surface area contributed by atoms with Crippen molar-refractivity contribution >= 4 is 17.8 Å². The molecule has 0 amide bonds. The van der Waals surface area contributed by atoms with Gasteiger partial charge in [-0.25, -0.2) is 0 Å². The molecular weight excluding hydrogens is 150 g/mol. The van der Waals surface area contributed by atoms with Crippen molar-refractivity contribution in [3.63, 3.8) is 0 Å². The van der Waals surface area contributed by atoms with E-state index in [2.05, 4.69) is 4.37 Å². The van der Waals surface area contributed by atoms with Crippen LogP contribution in [0.3, 0.4) is 0 Å². The third-order valence-corrected chi connectivity index (χ3v) is 2.02. The number of nitrogens with zero attached hydrogens (tertiary/aromatic N) is 1. The van der Waals surface area contributed by atoms with Crippen LogP contribution in [0.1, 0.15) is 16.7 Å². The van der Waals surface area contributed by atoms with Gasteiger partial charge < -0.3 is 9.90 Å². The molecule has 0 saturated heterocycles. The van der Waals surface area contributed by atoms with Crippen molar-refractivity contribution in [3.8, 4) is 0 Å². The Balaban J connectivity index is 2.84. The largest absolute Gasteiger partial charge is 0.380 e. The van der Waals surface area contributed by atoms with Crippen LogP contribution >= 0.6 is 11.5 Å². The molecule has 1 unspecified atom stereocenters. The number of aliphatic hydroxyl groups excluding tert-OH is 1. The molecule has 54 valence electrons. The van der Waals surface area contributed by atoms with Crippen LogP contribution in [-0.2, 0) is 4.79 Å². The second-order valence-corrected chi connectivity index (χ2v) is 2.79. The summed E-state index contributed by atoms with van der Waals surface area (Å²) in [6.07, 6.45) is -0.501. The molecule has 0 spiro atoms. The first-order valence-electron chi connectivity index (χ1n) is 2.80. The van der Waals surface area contributed by atoms with Crippen molar-refractivity contribution in [2.45, 2.75) is 13.0 Å². The minimum atomic E-state index is -0.994. The number of aromatic nitrogens is 1. The summed E-state index contributed by atoms with van der Waals surface area (Å²) in [6, 6.07) is 1.70. The van der Waals surface area contributed by atoms with Crippen molar-refractivity contribution in [1.82, 2.24) is 4.37 Å². The lowest BCUT2D eigenvalue weighted by Crippen LogP contribution is -1.93. The van der Waals surface area contributed by atoms with Crippen LogP contribution in [0, 0.1) is 6.92 Å². The van der Waals surface area contributed by atoms with Crippen LogP contribution < -0.4 is 0 Å². The zero-order chi connectivity index (χ0) is 7.56. The zero-order valence-electron chi connectivity index (χ0n) is 5.44. The van der Waals surface area contributed by atoms with Crippen LogP contribution in [0.5, 0.6) is 0 Å². The Labute approximate surface area is 62.5 Å². The Bertz CT molecular complexity index is 233. The summed E-state index contributed by atoms with van der Waals surface area (Å²) in [5.74, 6) is 0. The van der Waals surface area contributed by atoms with E-state index in [0.717, 1.165) is 17.2 Å². The van der Waals surface area contributed by atoms with E-state index >= 15 is 0 Å². The van der Waals surface area contributed by atoms with Crippen molar-refractivity contribution in [2.24, 2.45) is 0 Å². The van der Waals surface area contributed by atoms with Crippen LogP contribution in [0.2, 0.25) is 0 Å². The highest BCUT2D eigenvalue weighted by molar-refractivity contribution is 7.06. The predicted molar refractivity (Wildman–Crippen MR) is 37.9 cm³/mol. The third kappa shape index (κ3) is 1.40. The van der Waals surface area contributed by atoms with E-state index in [-0.39, 0.29) is 0 Å². The van der Waals surface area contributed by atoms with Crippen molar-refractivity contribution in [2.75, 3.05) is 0 Å². The van der Waals surface area contributed by atoms with Gasteiger partial charge in [0.05, 0.1) is 10.6 Å². The lowest BCUT2D eigenvalue weighted by molar-refractivity contribution is -0.114. The van der Waals surface area contributed by atoms with E-state index < -0.39 is 6.10 Å². The van der Waals surface area contributed by atoms with Crippen molar-refractivity contribution in [1.29, 1.82) is 0 Å². The molecule has 0 radical (unpaired) electrons. The molecular formula is C6H7NO2S. The van der Waals surface area contributed by atoms with Gasteiger partial charge >= 0.3 is 0 Å². The van der Waals surface area contributed by atoms with Gasteiger partial charge in [-0.1, -0.05) is 0 Å². The SMILES string of the molecule is Cc1cc(C(O)C=O)sn1. The summed E-state index contributed by atoms with van der Waals surface area (Å²) in [4.78, 5) is 10.6. The molecule has 0 fully saturated rings. The first-order valence-corrected chi connectivity index (χ1v) is 3.58. The molecule has 1 rings (SSSR count). The first-order chi connectivity index (χ1) is 4.74. The van der Waals surface area contributed by atoms with E-state index in [1.165, 1.54) is 0 Å². The molecule has 1 aromatic rings. The van der Waals surface area contributed by atoms with Gasteiger partial charge in [0.1, 0.15) is 6.10 Å². The Morgan fingerprint density at radius 1 is 1.90 bits per heavy atom. The molecule has 1 N–H and O–H groups in total. The van der Waals surface area contributed by atoms with E-state index in [9.17, 15) is 4.79 Å². The summed E-state index contributed by atoms with van der Waals surface area (Å²) in [7, 11) is 0. The van der Waals surface area contributed by atoms with Gasteiger partial charge in [0.15, 0.2) is 6.29 Å². The van der Waals surface area contributed by atoms with Crippen LogP contribution in [0.15, 0.2) is 6.07 Å². The summed E-state index contributed by atoms with van der Waals surface area (Å²) in [6.45, 7) is 1.82. The molecule has 1 heterocycles. The molecule has 0 aliphatic heterocycles. The van der Waals surface area contributed by atoms with Gasteiger partial charge in [-0.3, -0.25) is 0 Å². The minimum absolute atomic E-state index is 0.493. The van der Waals surface area contributed by atoms with E-state index in [0.29, 0.717) is 11.2 Å². The second-order valence-electron chi connectivity index (χ2n) is 1.95. The molecule has 0 bridgehead atoms. The molecule has 0 saturated carbocycles. The third-order valence-electron chi connectivity index (χ3n) is 1.07. The monoisotopic (exact) mass is 157 g/mol. The zero-order valence-corrected chi connectivity index (χ0v) is 6.26. The normalized spacial score (nSPS) is 13.0. The van der Waals surface area contributed by atoms with E-state index in [1.807, 2.05) is 6.92 Å². The average Bonchev–Trinajstić information content (AvgIpc) is 2.34. The minimum Gasteiger partial charge on any atom is -0.380 e. The molecule has 4 heteroatoms. The van der Waals surface area contributed by atoms with Crippen LogP contribution in [0.4, 0.5) is 0 Å². The van der Waals surface area contributed by atoms with Crippen molar-refractivity contribution in [3.05, 3.63) is 16.6 Å². The molecule has 1 aromatic heterocycles. The van der Waals surface area contributed by atoms with Gasteiger partial charge in [0, 0.05) is 0 Å². The Kier molecular flexibility index (Phi) is 2.13. The van der Waals surface area contributed by atoms with E-state index in [4.69, 9.17) is 5.11 Å². The molecule has 1 atom stereocenters. The van der Waals surface area contributed by atoms with Crippen molar-refractivity contribution < 1.29 is 9.90 Å². The number of aldehydes is 1.